The summed E-state index contributed by atoms with van der Waals surface area (Å²) in [5.74, 6) is 0.166. The molecular weight excluding hydrogens is 419 g/mol. The van der Waals surface area contributed by atoms with Gasteiger partial charge in [-0.1, -0.05) is 23.7 Å². The number of hydrogen-bond donors (Lipinski definition) is 2. The summed E-state index contributed by atoms with van der Waals surface area (Å²) >= 11 is 5.96. The molecule has 10 heteroatoms. The zero-order valence-electron chi connectivity index (χ0n) is 16.2. The Bertz CT molecular complexity index is 1040. The smallest absolute Gasteiger partial charge is 0.330 e. The van der Waals surface area contributed by atoms with Crippen LogP contribution in [0, 0.1) is 6.92 Å². The number of hydrogen-bond acceptors (Lipinski definition) is 5. The number of carbonyl (C=O) groups is 1. The first-order valence-corrected chi connectivity index (χ1v) is 9.71. The van der Waals surface area contributed by atoms with E-state index in [4.69, 9.17) is 11.6 Å². The minimum atomic E-state index is -4.63. The first-order valence-electron chi connectivity index (χ1n) is 9.33. The van der Waals surface area contributed by atoms with E-state index < -0.39 is 28.7 Å². The van der Waals surface area contributed by atoms with Gasteiger partial charge in [-0.15, -0.1) is 5.53 Å². The average Bonchev–Trinajstić information content (AvgIpc) is 3.12. The highest BCUT2D eigenvalue weighted by atomic mass is 35.5. The Balaban J connectivity index is 1.62. The minimum Gasteiger partial charge on any atom is -0.330 e. The van der Waals surface area contributed by atoms with Crippen LogP contribution in [-0.4, -0.2) is 28.4 Å². The molecule has 0 bridgehead atoms. The van der Waals surface area contributed by atoms with E-state index in [1.807, 2.05) is 37.1 Å². The lowest BCUT2D eigenvalue weighted by atomic mass is 10.0. The van der Waals surface area contributed by atoms with Crippen molar-refractivity contribution in [2.24, 2.45) is 0 Å². The van der Waals surface area contributed by atoms with Crippen LogP contribution in [0.3, 0.4) is 0 Å². The van der Waals surface area contributed by atoms with Gasteiger partial charge in [0.1, 0.15) is 5.82 Å². The van der Waals surface area contributed by atoms with Gasteiger partial charge in [-0.25, -0.2) is 9.99 Å². The van der Waals surface area contributed by atoms with Crippen molar-refractivity contribution in [2.45, 2.75) is 32.5 Å². The molecule has 0 radical (unpaired) electrons. The van der Waals surface area contributed by atoms with E-state index in [9.17, 15) is 18.0 Å². The summed E-state index contributed by atoms with van der Waals surface area (Å²) in [4.78, 5) is 19.1. The van der Waals surface area contributed by atoms with Crippen LogP contribution in [0.25, 0.3) is 0 Å². The highest BCUT2D eigenvalue weighted by Gasteiger charge is 2.39. The topological polar surface area (TPSA) is 60.5 Å². The standard InChI is InChI=1S/C20H19ClF3N5O/c1-11-5-3-8-16(25-11)29-15-9-10-28(12(2)18(15)26-27-29)19(30)13-6-4-7-14(17(13)21)20(22,23)24/h3-8,12,26-27H,9-10H2,1-2H3/t12-/m0/s1. The molecule has 4 rings (SSSR count). The number of halogens is 4. The van der Waals surface area contributed by atoms with Gasteiger partial charge in [-0.3, -0.25) is 4.79 Å². The molecule has 1 aromatic carbocycles. The van der Waals surface area contributed by atoms with Crippen molar-refractivity contribution in [1.82, 2.24) is 20.8 Å². The minimum absolute atomic E-state index is 0.162. The number of pyridine rings is 1. The van der Waals surface area contributed by atoms with Crippen molar-refractivity contribution >= 4 is 23.3 Å². The summed E-state index contributed by atoms with van der Waals surface area (Å²) < 4.78 is 39.5. The maximum atomic E-state index is 13.2. The van der Waals surface area contributed by atoms with Crippen LogP contribution in [-0.2, 0) is 6.18 Å². The van der Waals surface area contributed by atoms with Gasteiger partial charge in [0.25, 0.3) is 5.91 Å². The molecule has 1 atom stereocenters. The largest absolute Gasteiger partial charge is 0.417 e. The van der Waals surface area contributed by atoms with Gasteiger partial charge in [0.15, 0.2) is 0 Å². The number of alkyl halides is 3. The van der Waals surface area contributed by atoms with E-state index >= 15 is 0 Å². The third-order valence-corrected chi connectivity index (χ3v) is 5.66. The molecule has 0 unspecified atom stereocenters. The molecule has 2 aromatic rings. The third kappa shape index (κ3) is 3.48. The second-order valence-electron chi connectivity index (χ2n) is 7.16. The summed E-state index contributed by atoms with van der Waals surface area (Å²) in [6.07, 6.45) is -4.13. The number of aromatic nitrogens is 1. The lowest BCUT2D eigenvalue weighted by Crippen LogP contribution is -2.46. The summed E-state index contributed by atoms with van der Waals surface area (Å²) in [5, 5.41) is 1.24. The average molecular weight is 438 g/mol. The zero-order chi connectivity index (χ0) is 21.6. The molecule has 3 heterocycles. The molecule has 0 saturated heterocycles. The number of anilines is 1. The number of rotatable bonds is 2. The van der Waals surface area contributed by atoms with Crippen molar-refractivity contribution in [3.05, 3.63) is 69.6 Å². The molecule has 2 aliphatic heterocycles. The van der Waals surface area contributed by atoms with E-state index in [0.717, 1.165) is 23.2 Å². The van der Waals surface area contributed by atoms with Gasteiger partial charge >= 0.3 is 6.18 Å². The third-order valence-electron chi connectivity index (χ3n) is 5.26. The van der Waals surface area contributed by atoms with Crippen molar-refractivity contribution in [3.8, 4) is 0 Å². The van der Waals surface area contributed by atoms with Gasteiger partial charge in [-0.2, -0.15) is 13.2 Å². The lowest BCUT2D eigenvalue weighted by molar-refractivity contribution is -0.137. The van der Waals surface area contributed by atoms with Crippen molar-refractivity contribution in [3.63, 3.8) is 0 Å². The second-order valence-corrected chi connectivity index (χ2v) is 7.54. The Morgan fingerprint density at radius 2 is 1.97 bits per heavy atom. The maximum Gasteiger partial charge on any atom is 0.417 e. The molecule has 0 aliphatic carbocycles. The Morgan fingerprint density at radius 1 is 1.23 bits per heavy atom. The van der Waals surface area contributed by atoms with E-state index in [-0.39, 0.29) is 5.56 Å². The lowest BCUT2D eigenvalue weighted by Gasteiger charge is -2.35. The van der Waals surface area contributed by atoms with Crippen LogP contribution < -0.4 is 16.0 Å². The second kappa shape index (κ2) is 7.48. The summed E-state index contributed by atoms with van der Waals surface area (Å²) in [5.41, 5.74) is 7.50. The van der Waals surface area contributed by atoms with Crippen LogP contribution >= 0.6 is 11.6 Å². The molecule has 6 nitrogen and oxygen atoms in total. The molecule has 158 valence electrons. The molecular formula is C20H19ClF3N5O. The fraction of sp³-hybridized carbons (Fsp3) is 0.300. The van der Waals surface area contributed by atoms with Crippen molar-refractivity contribution in [2.75, 3.05) is 11.6 Å². The molecule has 1 amide bonds. The fourth-order valence-electron chi connectivity index (χ4n) is 3.74. The Hall–Kier alpha value is -2.78. The quantitative estimate of drug-likeness (QED) is 0.742. The Morgan fingerprint density at radius 3 is 2.67 bits per heavy atom. The Kier molecular flexibility index (Phi) is 5.11. The molecule has 0 spiro atoms. The molecule has 2 N–H and O–H groups in total. The fourth-order valence-corrected chi connectivity index (χ4v) is 4.06. The van der Waals surface area contributed by atoms with Crippen LogP contribution in [0.15, 0.2) is 47.8 Å². The first kappa shape index (κ1) is 20.5. The monoisotopic (exact) mass is 437 g/mol. The molecule has 2 aliphatic rings. The number of carbonyl (C=O) groups excluding carboxylic acids is 1. The maximum absolute atomic E-state index is 13.2. The summed E-state index contributed by atoms with van der Waals surface area (Å²) in [6, 6.07) is 8.65. The molecule has 0 fully saturated rings. The number of aryl methyl sites for hydroxylation is 1. The predicted octanol–water partition coefficient (Wildman–Crippen LogP) is 4.04. The van der Waals surface area contributed by atoms with Gasteiger partial charge in [-0.05, 0) is 38.1 Å². The van der Waals surface area contributed by atoms with Crippen LogP contribution in [0.5, 0.6) is 0 Å². The molecule has 0 saturated carbocycles. The number of hydrazine groups is 2. The van der Waals surface area contributed by atoms with E-state index in [0.29, 0.717) is 18.8 Å². The van der Waals surface area contributed by atoms with E-state index in [2.05, 4.69) is 15.9 Å². The zero-order valence-corrected chi connectivity index (χ0v) is 17.0. The van der Waals surface area contributed by atoms with Gasteiger partial charge in [0, 0.05) is 18.7 Å². The van der Waals surface area contributed by atoms with Crippen LogP contribution in [0.4, 0.5) is 19.0 Å². The van der Waals surface area contributed by atoms with E-state index in [1.54, 1.807) is 0 Å². The highest BCUT2D eigenvalue weighted by molar-refractivity contribution is 6.34. The van der Waals surface area contributed by atoms with Crippen molar-refractivity contribution in [1.29, 1.82) is 0 Å². The Labute approximate surface area is 176 Å². The van der Waals surface area contributed by atoms with Gasteiger partial charge < -0.3 is 10.3 Å². The number of benzene rings is 1. The van der Waals surface area contributed by atoms with Gasteiger partial charge in [0.05, 0.1) is 33.6 Å². The normalized spacial score (nSPS) is 19.1. The van der Waals surface area contributed by atoms with E-state index in [1.165, 1.54) is 17.0 Å². The highest BCUT2D eigenvalue weighted by Crippen LogP contribution is 2.37. The number of nitrogens with zero attached hydrogens (tertiary/aromatic N) is 3. The summed E-state index contributed by atoms with van der Waals surface area (Å²) in [6.45, 7) is 4.04. The number of nitrogens with one attached hydrogen (secondary N) is 2. The predicted molar refractivity (Wildman–Crippen MR) is 106 cm³/mol. The van der Waals surface area contributed by atoms with Crippen LogP contribution in [0.2, 0.25) is 5.02 Å². The number of amides is 1. The van der Waals surface area contributed by atoms with Crippen molar-refractivity contribution < 1.29 is 18.0 Å². The molecule has 1 aromatic heterocycles. The van der Waals surface area contributed by atoms with Gasteiger partial charge in [0.2, 0.25) is 0 Å². The molecule has 30 heavy (non-hydrogen) atoms. The first-order chi connectivity index (χ1) is 14.2. The summed E-state index contributed by atoms with van der Waals surface area (Å²) in [7, 11) is 0. The van der Waals surface area contributed by atoms with Crippen LogP contribution in [0.1, 0.15) is 35.0 Å². The SMILES string of the molecule is Cc1cccc(N2NNC3=C2CCN(C(=O)c2cccc(C(F)(F)F)c2Cl)[C@H]3C)n1.